The highest BCUT2D eigenvalue weighted by Gasteiger charge is 2.30. The number of hydrogen-bond acceptors (Lipinski definition) is 4. The lowest BCUT2D eigenvalue weighted by Gasteiger charge is -2.36. The first-order chi connectivity index (χ1) is 9.15. The Bertz CT molecular complexity index is 610. The molecule has 4 nitrogen and oxygen atoms in total. The number of carboxylic acid groups (broad SMARTS) is 1. The molecule has 1 aliphatic heterocycles. The largest absolute Gasteiger partial charge is 0.481 e. The molecule has 2 atom stereocenters. The second kappa shape index (κ2) is 4.81. The van der Waals surface area contributed by atoms with Crippen LogP contribution in [0, 0.1) is 11.8 Å². The van der Waals surface area contributed by atoms with Gasteiger partial charge in [-0.15, -0.1) is 11.3 Å². The van der Waals surface area contributed by atoms with Crippen LogP contribution in [0.1, 0.15) is 13.3 Å². The van der Waals surface area contributed by atoms with E-state index in [9.17, 15) is 9.90 Å². The number of nitrogens with zero attached hydrogens (tertiary/aromatic N) is 2. The Balaban J connectivity index is 1.96. The van der Waals surface area contributed by atoms with Crippen molar-refractivity contribution >= 4 is 33.2 Å². The smallest absolute Gasteiger partial charge is 0.308 e. The van der Waals surface area contributed by atoms with Crippen LogP contribution in [0.5, 0.6) is 0 Å². The maximum absolute atomic E-state index is 11.3. The Morgan fingerprint density at radius 2 is 2.32 bits per heavy atom. The summed E-state index contributed by atoms with van der Waals surface area (Å²) in [5.74, 6) is -0.557. The lowest BCUT2D eigenvalue weighted by atomic mass is 9.90. The summed E-state index contributed by atoms with van der Waals surface area (Å²) in [5, 5.41) is 11.3. The summed E-state index contributed by atoms with van der Waals surface area (Å²) >= 11 is 1.67. The van der Waals surface area contributed by atoms with E-state index in [0.29, 0.717) is 12.5 Å². The van der Waals surface area contributed by atoms with Crippen molar-refractivity contribution in [3.8, 4) is 0 Å². The van der Waals surface area contributed by atoms with Crippen molar-refractivity contribution in [1.29, 1.82) is 0 Å². The summed E-state index contributed by atoms with van der Waals surface area (Å²) in [6.07, 6.45) is 2.57. The molecule has 0 bridgehead atoms. The van der Waals surface area contributed by atoms with E-state index >= 15 is 0 Å². The van der Waals surface area contributed by atoms with Crippen molar-refractivity contribution < 1.29 is 9.90 Å². The van der Waals surface area contributed by atoms with Crippen molar-refractivity contribution in [2.75, 3.05) is 18.0 Å². The van der Waals surface area contributed by atoms with Crippen LogP contribution in [0.25, 0.3) is 10.2 Å². The van der Waals surface area contributed by atoms with Gasteiger partial charge in [0.2, 0.25) is 0 Å². The monoisotopic (exact) mass is 276 g/mol. The van der Waals surface area contributed by atoms with Gasteiger partial charge in [-0.1, -0.05) is 6.92 Å². The van der Waals surface area contributed by atoms with Crippen LogP contribution in [-0.4, -0.2) is 29.1 Å². The quantitative estimate of drug-likeness (QED) is 0.916. The number of aromatic nitrogens is 1. The summed E-state index contributed by atoms with van der Waals surface area (Å²) in [5.41, 5.74) is 2.12. The molecule has 2 aromatic heterocycles. The van der Waals surface area contributed by atoms with Crippen LogP contribution >= 0.6 is 11.3 Å². The number of fused-ring (bicyclic) bond motifs is 1. The Labute approximate surface area is 115 Å². The fraction of sp³-hybridized carbons (Fsp3) is 0.429. The van der Waals surface area contributed by atoms with E-state index < -0.39 is 5.97 Å². The van der Waals surface area contributed by atoms with E-state index in [0.717, 1.165) is 28.9 Å². The molecule has 0 aliphatic carbocycles. The highest BCUT2D eigenvalue weighted by Crippen LogP contribution is 2.33. The van der Waals surface area contributed by atoms with Gasteiger partial charge in [0, 0.05) is 19.3 Å². The number of pyridine rings is 1. The Kier molecular flexibility index (Phi) is 3.14. The summed E-state index contributed by atoms with van der Waals surface area (Å²) in [6, 6.07) is 4.00. The number of thiophene rings is 1. The average molecular weight is 276 g/mol. The fourth-order valence-corrected chi connectivity index (χ4v) is 3.73. The van der Waals surface area contributed by atoms with Crippen LogP contribution in [-0.2, 0) is 4.79 Å². The lowest BCUT2D eigenvalue weighted by molar-refractivity contribution is -0.142. The summed E-state index contributed by atoms with van der Waals surface area (Å²) in [7, 11) is 0. The number of piperidine rings is 1. The van der Waals surface area contributed by atoms with Crippen LogP contribution in [0.15, 0.2) is 23.7 Å². The lowest BCUT2D eigenvalue weighted by Crippen LogP contribution is -2.42. The minimum absolute atomic E-state index is 0.271. The predicted octanol–water partition coefficient (Wildman–Crippen LogP) is 2.84. The standard InChI is InChI=1S/C14H16N2O2S/c1-9-6-10(14(17)18)8-16(7-9)12-2-4-15-11-3-5-19-13(11)12/h2-5,9-10H,6-8H2,1H3,(H,17,18). The third kappa shape index (κ3) is 2.30. The van der Waals surface area contributed by atoms with Gasteiger partial charge in [0.25, 0.3) is 0 Å². The number of anilines is 1. The molecule has 3 heterocycles. The van der Waals surface area contributed by atoms with Crippen LogP contribution in [0.4, 0.5) is 5.69 Å². The van der Waals surface area contributed by atoms with Crippen molar-refractivity contribution in [1.82, 2.24) is 4.98 Å². The van der Waals surface area contributed by atoms with E-state index in [1.165, 1.54) is 0 Å². The molecular weight excluding hydrogens is 260 g/mol. The van der Waals surface area contributed by atoms with Crippen molar-refractivity contribution in [2.24, 2.45) is 11.8 Å². The van der Waals surface area contributed by atoms with E-state index in [1.807, 2.05) is 17.5 Å². The molecule has 19 heavy (non-hydrogen) atoms. The van der Waals surface area contributed by atoms with Gasteiger partial charge in [-0.2, -0.15) is 0 Å². The number of rotatable bonds is 2. The fourth-order valence-electron chi connectivity index (χ4n) is 2.84. The highest BCUT2D eigenvalue weighted by atomic mass is 32.1. The predicted molar refractivity (Wildman–Crippen MR) is 76.7 cm³/mol. The number of carboxylic acids is 1. The minimum atomic E-state index is -0.687. The van der Waals surface area contributed by atoms with E-state index in [1.54, 1.807) is 17.5 Å². The zero-order chi connectivity index (χ0) is 13.4. The molecule has 5 heteroatoms. The molecule has 2 unspecified atom stereocenters. The summed E-state index contributed by atoms with van der Waals surface area (Å²) < 4.78 is 1.15. The molecule has 100 valence electrons. The van der Waals surface area contributed by atoms with Gasteiger partial charge >= 0.3 is 5.97 Å². The molecule has 2 aromatic rings. The normalized spacial score (nSPS) is 23.7. The Hall–Kier alpha value is -1.62. The van der Waals surface area contributed by atoms with Gasteiger partial charge in [-0.3, -0.25) is 9.78 Å². The first-order valence-electron chi connectivity index (χ1n) is 6.45. The van der Waals surface area contributed by atoms with E-state index in [2.05, 4.69) is 16.8 Å². The maximum atomic E-state index is 11.3. The van der Waals surface area contributed by atoms with Crippen LogP contribution < -0.4 is 4.90 Å². The topological polar surface area (TPSA) is 53.4 Å². The molecule has 0 radical (unpaired) electrons. The van der Waals surface area contributed by atoms with Gasteiger partial charge in [0.15, 0.2) is 0 Å². The highest BCUT2D eigenvalue weighted by molar-refractivity contribution is 7.17. The zero-order valence-electron chi connectivity index (χ0n) is 10.7. The Morgan fingerprint density at radius 3 is 3.11 bits per heavy atom. The van der Waals surface area contributed by atoms with Crippen LogP contribution in [0.2, 0.25) is 0 Å². The van der Waals surface area contributed by atoms with Gasteiger partial charge in [-0.05, 0) is 29.9 Å². The summed E-state index contributed by atoms with van der Waals surface area (Å²) in [6.45, 7) is 3.63. The van der Waals surface area contributed by atoms with Crippen LogP contribution in [0.3, 0.4) is 0 Å². The van der Waals surface area contributed by atoms with Crippen molar-refractivity contribution in [3.05, 3.63) is 23.7 Å². The molecule has 1 fully saturated rings. The van der Waals surface area contributed by atoms with Crippen molar-refractivity contribution in [2.45, 2.75) is 13.3 Å². The average Bonchev–Trinajstić information content (AvgIpc) is 2.85. The van der Waals surface area contributed by atoms with Gasteiger partial charge in [0.05, 0.1) is 21.8 Å². The molecule has 0 saturated carbocycles. The van der Waals surface area contributed by atoms with Gasteiger partial charge < -0.3 is 10.0 Å². The zero-order valence-corrected chi connectivity index (χ0v) is 11.6. The molecule has 0 spiro atoms. The molecule has 0 aromatic carbocycles. The van der Waals surface area contributed by atoms with Crippen molar-refractivity contribution in [3.63, 3.8) is 0 Å². The SMILES string of the molecule is CC1CC(C(=O)O)CN(c2ccnc3ccsc23)C1. The number of hydrogen-bond donors (Lipinski definition) is 1. The second-order valence-electron chi connectivity index (χ2n) is 5.25. The molecule has 3 rings (SSSR count). The maximum Gasteiger partial charge on any atom is 0.308 e. The molecule has 1 N–H and O–H groups in total. The second-order valence-corrected chi connectivity index (χ2v) is 6.16. The molecule has 0 amide bonds. The third-order valence-corrected chi connectivity index (χ3v) is 4.60. The van der Waals surface area contributed by atoms with Gasteiger partial charge in [0.1, 0.15) is 0 Å². The van der Waals surface area contributed by atoms with E-state index in [4.69, 9.17) is 0 Å². The van der Waals surface area contributed by atoms with E-state index in [-0.39, 0.29) is 5.92 Å². The Morgan fingerprint density at radius 1 is 1.47 bits per heavy atom. The summed E-state index contributed by atoms with van der Waals surface area (Å²) in [4.78, 5) is 17.8. The number of carbonyl (C=O) groups is 1. The third-order valence-electron chi connectivity index (χ3n) is 3.67. The number of aliphatic carboxylic acids is 1. The first-order valence-corrected chi connectivity index (χ1v) is 7.33. The van der Waals surface area contributed by atoms with Gasteiger partial charge in [-0.25, -0.2) is 0 Å². The molecule has 1 aliphatic rings. The first kappa shape index (κ1) is 12.4. The molecular formula is C14H16N2O2S. The minimum Gasteiger partial charge on any atom is -0.481 e. The molecule has 1 saturated heterocycles.